The van der Waals surface area contributed by atoms with E-state index in [-0.39, 0.29) is 17.7 Å². The second-order valence-electron chi connectivity index (χ2n) is 5.54. The summed E-state index contributed by atoms with van der Waals surface area (Å²) in [6.45, 7) is 3.27. The predicted molar refractivity (Wildman–Crippen MR) is 81.7 cm³/mol. The van der Waals surface area contributed by atoms with Crippen molar-refractivity contribution in [2.75, 3.05) is 0 Å². The van der Waals surface area contributed by atoms with Gasteiger partial charge in [-0.1, -0.05) is 29.3 Å². The molecule has 1 fully saturated rings. The number of aliphatic carboxylic acids is 1. The van der Waals surface area contributed by atoms with E-state index in [1.807, 2.05) is 6.07 Å². The van der Waals surface area contributed by atoms with Gasteiger partial charge in [-0.25, -0.2) is 0 Å². The van der Waals surface area contributed by atoms with Crippen molar-refractivity contribution in [3.05, 3.63) is 33.8 Å². The third-order valence-corrected chi connectivity index (χ3v) is 4.56. The van der Waals surface area contributed by atoms with E-state index in [9.17, 15) is 9.59 Å². The minimum atomic E-state index is -0.920. The first kappa shape index (κ1) is 16.1. The summed E-state index contributed by atoms with van der Waals surface area (Å²) in [4.78, 5) is 23.0. The van der Waals surface area contributed by atoms with E-state index in [2.05, 4.69) is 5.32 Å². The van der Waals surface area contributed by atoms with Crippen LogP contribution in [0, 0.1) is 11.8 Å². The molecule has 114 valence electrons. The molecule has 4 nitrogen and oxygen atoms in total. The quantitative estimate of drug-likeness (QED) is 0.870. The smallest absolute Gasteiger partial charge is 0.308 e. The number of hydrogen-bond donors (Lipinski definition) is 2. The number of carbonyl (C=O) groups is 2. The zero-order valence-corrected chi connectivity index (χ0v) is 13.3. The molecule has 0 aromatic heterocycles. The SMILES string of the molecule is CC(NC(=O)C1CC1c1ccc(Cl)cc1Cl)C(C)C(=O)O. The van der Waals surface area contributed by atoms with Gasteiger partial charge in [-0.05, 0) is 43.9 Å². The van der Waals surface area contributed by atoms with Gasteiger partial charge in [-0.3, -0.25) is 9.59 Å². The lowest BCUT2D eigenvalue weighted by Crippen LogP contribution is -2.40. The van der Waals surface area contributed by atoms with Crippen LogP contribution in [0.2, 0.25) is 10.0 Å². The molecule has 2 N–H and O–H groups in total. The van der Waals surface area contributed by atoms with Crippen molar-refractivity contribution in [3.8, 4) is 0 Å². The molecule has 0 heterocycles. The van der Waals surface area contributed by atoms with Crippen LogP contribution in [0.1, 0.15) is 31.7 Å². The molecule has 0 spiro atoms. The molecule has 1 amide bonds. The van der Waals surface area contributed by atoms with E-state index in [0.717, 1.165) is 12.0 Å². The Labute approximate surface area is 133 Å². The zero-order valence-electron chi connectivity index (χ0n) is 11.8. The van der Waals surface area contributed by atoms with E-state index >= 15 is 0 Å². The molecular formula is C15H17Cl2NO3. The standard InChI is InChI=1S/C15H17Cl2NO3/c1-7(15(20)21)8(2)18-14(19)12-6-11(12)10-4-3-9(16)5-13(10)17/h3-5,7-8,11-12H,6H2,1-2H3,(H,18,19)(H,20,21). The number of nitrogens with one attached hydrogen (secondary N) is 1. The Balaban J connectivity index is 1.96. The van der Waals surface area contributed by atoms with Gasteiger partial charge in [0.1, 0.15) is 0 Å². The number of benzene rings is 1. The van der Waals surface area contributed by atoms with Crippen molar-refractivity contribution in [1.82, 2.24) is 5.32 Å². The number of carboxylic acids is 1. The van der Waals surface area contributed by atoms with E-state index < -0.39 is 17.9 Å². The van der Waals surface area contributed by atoms with Crippen LogP contribution in [0.15, 0.2) is 18.2 Å². The monoisotopic (exact) mass is 329 g/mol. The van der Waals surface area contributed by atoms with Gasteiger partial charge in [0.2, 0.25) is 5.91 Å². The van der Waals surface area contributed by atoms with Crippen molar-refractivity contribution in [2.24, 2.45) is 11.8 Å². The fourth-order valence-electron chi connectivity index (χ4n) is 2.30. The lowest BCUT2D eigenvalue weighted by atomic mass is 10.0. The molecule has 0 aliphatic heterocycles. The van der Waals surface area contributed by atoms with Crippen LogP contribution in [0.5, 0.6) is 0 Å². The summed E-state index contributed by atoms with van der Waals surface area (Å²) >= 11 is 12.0. The fourth-order valence-corrected chi connectivity index (χ4v) is 2.85. The van der Waals surface area contributed by atoms with Gasteiger partial charge < -0.3 is 10.4 Å². The Hall–Kier alpha value is -1.26. The molecule has 0 bridgehead atoms. The van der Waals surface area contributed by atoms with Crippen LogP contribution in [0.4, 0.5) is 0 Å². The molecule has 4 unspecified atom stereocenters. The molecule has 4 atom stereocenters. The number of carboxylic acid groups (broad SMARTS) is 1. The van der Waals surface area contributed by atoms with Gasteiger partial charge in [0.25, 0.3) is 0 Å². The van der Waals surface area contributed by atoms with Crippen LogP contribution < -0.4 is 5.32 Å². The third kappa shape index (κ3) is 3.69. The largest absolute Gasteiger partial charge is 0.481 e. The zero-order chi connectivity index (χ0) is 15.7. The first-order valence-corrected chi connectivity index (χ1v) is 7.55. The lowest BCUT2D eigenvalue weighted by Gasteiger charge is -2.17. The maximum absolute atomic E-state index is 12.1. The third-order valence-electron chi connectivity index (χ3n) is 4.00. The lowest BCUT2D eigenvalue weighted by molar-refractivity contribution is -0.142. The number of rotatable bonds is 5. The average Bonchev–Trinajstić information content (AvgIpc) is 3.17. The summed E-state index contributed by atoms with van der Waals surface area (Å²) in [6, 6.07) is 4.86. The van der Waals surface area contributed by atoms with Gasteiger partial charge in [0.05, 0.1) is 5.92 Å². The second-order valence-corrected chi connectivity index (χ2v) is 6.38. The van der Waals surface area contributed by atoms with Gasteiger partial charge in [-0.15, -0.1) is 0 Å². The van der Waals surface area contributed by atoms with Crippen molar-refractivity contribution < 1.29 is 14.7 Å². The summed E-state index contributed by atoms with van der Waals surface area (Å²) in [5.41, 5.74) is 0.917. The molecule has 2 rings (SSSR count). The first-order chi connectivity index (χ1) is 9.81. The van der Waals surface area contributed by atoms with Crippen molar-refractivity contribution in [2.45, 2.75) is 32.2 Å². The number of amides is 1. The minimum Gasteiger partial charge on any atom is -0.481 e. The molecule has 6 heteroatoms. The van der Waals surface area contributed by atoms with E-state index in [4.69, 9.17) is 28.3 Å². The maximum atomic E-state index is 12.1. The van der Waals surface area contributed by atoms with E-state index in [0.29, 0.717) is 10.0 Å². The van der Waals surface area contributed by atoms with E-state index in [1.54, 1.807) is 26.0 Å². The summed E-state index contributed by atoms with van der Waals surface area (Å²) in [6.07, 6.45) is 0.724. The van der Waals surface area contributed by atoms with Gasteiger partial charge in [0, 0.05) is 22.0 Å². The highest BCUT2D eigenvalue weighted by Gasteiger charge is 2.45. The normalized spacial score (nSPS) is 23.2. The molecular weight excluding hydrogens is 313 g/mol. The molecule has 1 aromatic carbocycles. The van der Waals surface area contributed by atoms with Gasteiger partial charge >= 0.3 is 5.97 Å². The molecule has 0 radical (unpaired) electrons. The number of hydrogen-bond acceptors (Lipinski definition) is 2. The Bertz CT molecular complexity index is 576. The Morgan fingerprint density at radius 1 is 1.33 bits per heavy atom. The highest BCUT2D eigenvalue weighted by atomic mass is 35.5. The average molecular weight is 330 g/mol. The topological polar surface area (TPSA) is 66.4 Å². The van der Waals surface area contributed by atoms with E-state index in [1.165, 1.54) is 0 Å². The summed E-state index contributed by atoms with van der Waals surface area (Å²) in [5, 5.41) is 12.8. The Kier molecular flexibility index (Phi) is 4.79. The van der Waals surface area contributed by atoms with Gasteiger partial charge in [0.15, 0.2) is 0 Å². The maximum Gasteiger partial charge on any atom is 0.308 e. The summed E-state index contributed by atoms with van der Waals surface area (Å²) in [7, 11) is 0. The molecule has 0 saturated heterocycles. The van der Waals surface area contributed by atoms with Crippen LogP contribution in [-0.4, -0.2) is 23.0 Å². The van der Waals surface area contributed by atoms with Crippen LogP contribution in [-0.2, 0) is 9.59 Å². The Morgan fingerprint density at radius 3 is 2.57 bits per heavy atom. The van der Waals surface area contributed by atoms with Crippen molar-refractivity contribution in [1.29, 1.82) is 0 Å². The first-order valence-electron chi connectivity index (χ1n) is 6.79. The van der Waals surface area contributed by atoms with Crippen LogP contribution in [0.3, 0.4) is 0 Å². The summed E-state index contributed by atoms with van der Waals surface area (Å²) in [5.74, 6) is -1.72. The van der Waals surface area contributed by atoms with Gasteiger partial charge in [-0.2, -0.15) is 0 Å². The summed E-state index contributed by atoms with van der Waals surface area (Å²) < 4.78 is 0. The number of carbonyl (C=O) groups excluding carboxylic acids is 1. The fraction of sp³-hybridized carbons (Fsp3) is 0.467. The molecule has 21 heavy (non-hydrogen) atoms. The van der Waals surface area contributed by atoms with Crippen molar-refractivity contribution in [3.63, 3.8) is 0 Å². The van der Waals surface area contributed by atoms with Crippen LogP contribution >= 0.6 is 23.2 Å². The second kappa shape index (κ2) is 6.24. The molecule has 1 aromatic rings. The Morgan fingerprint density at radius 2 is 2.00 bits per heavy atom. The number of halogens is 2. The highest BCUT2D eigenvalue weighted by molar-refractivity contribution is 6.35. The molecule has 1 aliphatic carbocycles. The van der Waals surface area contributed by atoms with Crippen LogP contribution in [0.25, 0.3) is 0 Å². The predicted octanol–water partition coefficient (Wildman–Crippen LogP) is 3.32. The highest BCUT2D eigenvalue weighted by Crippen LogP contribution is 2.50. The molecule has 1 aliphatic rings. The van der Waals surface area contributed by atoms with Crippen molar-refractivity contribution >= 4 is 35.1 Å². The minimum absolute atomic E-state index is 0.0853. The molecule has 1 saturated carbocycles.